The topological polar surface area (TPSA) is 0 Å². The molecule has 0 aliphatic carbocycles. The van der Waals surface area contributed by atoms with Gasteiger partial charge >= 0.3 is 0 Å². The Kier molecular flexibility index (Phi) is 5.74. The zero-order chi connectivity index (χ0) is 12.7. The van der Waals surface area contributed by atoms with Gasteiger partial charge in [0.15, 0.2) is 0 Å². The van der Waals surface area contributed by atoms with Crippen molar-refractivity contribution in [2.75, 3.05) is 0 Å². The van der Waals surface area contributed by atoms with Crippen molar-refractivity contribution in [1.82, 2.24) is 0 Å². The highest BCUT2D eigenvalue weighted by Gasteiger charge is 2.18. The van der Waals surface area contributed by atoms with Crippen LogP contribution in [0.2, 0.25) is 0 Å². The molecule has 0 spiro atoms. The van der Waals surface area contributed by atoms with Crippen LogP contribution in [0.5, 0.6) is 0 Å². The molecule has 1 aromatic carbocycles. The lowest BCUT2D eigenvalue weighted by Crippen LogP contribution is -2.13. The largest absolute Gasteiger partial charge is 0.0649 e. The van der Waals surface area contributed by atoms with E-state index in [-0.39, 0.29) is 0 Å². The fourth-order valence-electron chi connectivity index (χ4n) is 2.26. The van der Waals surface area contributed by atoms with Crippen molar-refractivity contribution in [3.63, 3.8) is 0 Å². The molecule has 0 saturated carbocycles. The van der Waals surface area contributed by atoms with Gasteiger partial charge < -0.3 is 0 Å². The van der Waals surface area contributed by atoms with Crippen LogP contribution in [0.3, 0.4) is 0 Å². The van der Waals surface area contributed by atoms with E-state index in [1.807, 2.05) is 0 Å². The Balaban J connectivity index is 2.40. The van der Waals surface area contributed by atoms with E-state index in [2.05, 4.69) is 52.0 Å². The van der Waals surface area contributed by atoms with Crippen LogP contribution in [0.15, 0.2) is 24.3 Å². The van der Waals surface area contributed by atoms with E-state index >= 15 is 0 Å². The van der Waals surface area contributed by atoms with Gasteiger partial charge in [-0.25, -0.2) is 0 Å². The zero-order valence-corrected chi connectivity index (χ0v) is 12.1. The quantitative estimate of drug-likeness (QED) is 0.590. The Morgan fingerprint density at radius 1 is 0.882 bits per heavy atom. The first kappa shape index (κ1) is 14.3. The first-order valence-corrected chi connectivity index (χ1v) is 7.21. The molecule has 0 nitrogen and oxygen atoms in total. The Morgan fingerprint density at radius 3 is 1.88 bits per heavy atom. The fraction of sp³-hybridized carbons (Fsp3) is 0.647. The highest BCUT2D eigenvalue weighted by molar-refractivity contribution is 5.22. The molecule has 0 fully saturated rings. The molecular weight excluding hydrogens is 204 g/mol. The van der Waals surface area contributed by atoms with Crippen molar-refractivity contribution in [3.8, 4) is 0 Å². The minimum Gasteiger partial charge on any atom is -0.0649 e. The molecule has 96 valence electrons. The number of benzene rings is 1. The predicted molar refractivity (Wildman–Crippen MR) is 77.4 cm³/mol. The number of hydrogen-bond acceptors (Lipinski definition) is 0. The monoisotopic (exact) mass is 232 g/mol. The molecule has 0 aromatic heterocycles. The van der Waals surface area contributed by atoms with Gasteiger partial charge in [-0.3, -0.25) is 0 Å². The lowest BCUT2D eigenvalue weighted by Gasteiger charge is -2.26. The second kappa shape index (κ2) is 6.83. The summed E-state index contributed by atoms with van der Waals surface area (Å²) in [6, 6.07) is 9.14. The van der Waals surface area contributed by atoms with Gasteiger partial charge in [-0.2, -0.15) is 0 Å². The second-order valence-electron chi connectivity index (χ2n) is 5.54. The SMILES string of the molecule is CCc1ccc(CCCC(C)(CC)CC)cc1. The Morgan fingerprint density at radius 2 is 1.41 bits per heavy atom. The van der Waals surface area contributed by atoms with Crippen LogP contribution in [0.25, 0.3) is 0 Å². The van der Waals surface area contributed by atoms with E-state index in [9.17, 15) is 0 Å². The molecule has 0 heteroatoms. The van der Waals surface area contributed by atoms with Gasteiger partial charge in [0.1, 0.15) is 0 Å². The molecule has 0 N–H and O–H groups in total. The van der Waals surface area contributed by atoms with Crippen molar-refractivity contribution in [2.24, 2.45) is 5.41 Å². The molecule has 0 bridgehead atoms. The fourth-order valence-corrected chi connectivity index (χ4v) is 2.26. The zero-order valence-electron chi connectivity index (χ0n) is 12.1. The third-order valence-electron chi connectivity index (χ3n) is 4.38. The average molecular weight is 232 g/mol. The summed E-state index contributed by atoms with van der Waals surface area (Å²) in [7, 11) is 0. The highest BCUT2D eigenvalue weighted by Crippen LogP contribution is 2.31. The van der Waals surface area contributed by atoms with Crippen molar-refractivity contribution in [3.05, 3.63) is 35.4 Å². The van der Waals surface area contributed by atoms with Gasteiger partial charge in [0.05, 0.1) is 0 Å². The Hall–Kier alpha value is -0.780. The molecule has 0 unspecified atom stereocenters. The van der Waals surface area contributed by atoms with Gasteiger partial charge in [0.25, 0.3) is 0 Å². The molecule has 0 amide bonds. The smallest absolute Gasteiger partial charge is 0.0279 e. The van der Waals surface area contributed by atoms with E-state index in [1.54, 1.807) is 0 Å². The molecular formula is C17H28. The first-order chi connectivity index (χ1) is 8.13. The maximum Gasteiger partial charge on any atom is -0.0279 e. The van der Waals surface area contributed by atoms with Gasteiger partial charge in [0.2, 0.25) is 0 Å². The van der Waals surface area contributed by atoms with Crippen LogP contribution in [-0.4, -0.2) is 0 Å². The number of hydrogen-bond donors (Lipinski definition) is 0. The summed E-state index contributed by atoms with van der Waals surface area (Å²) in [4.78, 5) is 0. The number of aryl methyl sites for hydroxylation is 2. The first-order valence-electron chi connectivity index (χ1n) is 7.21. The van der Waals surface area contributed by atoms with Crippen LogP contribution in [-0.2, 0) is 12.8 Å². The third-order valence-corrected chi connectivity index (χ3v) is 4.38. The predicted octanol–water partition coefficient (Wildman–Crippen LogP) is 5.40. The molecule has 0 aliphatic rings. The summed E-state index contributed by atoms with van der Waals surface area (Å²) in [5.74, 6) is 0. The van der Waals surface area contributed by atoms with Gasteiger partial charge in [-0.1, -0.05) is 64.8 Å². The summed E-state index contributed by atoms with van der Waals surface area (Å²) in [5.41, 5.74) is 3.50. The third kappa shape index (κ3) is 4.53. The summed E-state index contributed by atoms with van der Waals surface area (Å²) in [5, 5.41) is 0. The lowest BCUT2D eigenvalue weighted by molar-refractivity contribution is 0.266. The average Bonchev–Trinajstić information content (AvgIpc) is 2.39. The van der Waals surface area contributed by atoms with E-state index in [0.29, 0.717) is 5.41 Å². The molecule has 17 heavy (non-hydrogen) atoms. The van der Waals surface area contributed by atoms with E-state index in [1.165, 1.54) is 43.2 Å². The molecule has 0 atom stereocenters. The van der Waals surface area contributed by atoms with Crippen molar-refractivity contribution in [2.45, 2.75) is 66.2 Å². The molecule has 1 rings (SSSR count). The highest BCUT2D eigenvalue weighted by atomic mass is 14.2. The summed E-state index contributed by atoms with van der Waals surface area (Å²) < 4.78 is 0. The Bertz CT molecular complexity index is 303. The van der Waals surface area contributed by atoms with Crippen LogP contribution < -0.4 is 0 Å². The molecule has 1 aromatic rings. The van der Waals surface area contributed by atoms with E-state index < -0.39 is 0 Å². The normalized spacial score (nSPS) is 11.8. The van der Waals surface area contributed by atoms with Crippen LogP contribution in [0.4, 0.5) is 0 Å². The second-order valence-corrected chi connectivity index (χ2v) is 5.54. The van der Waals surface area contributed by atoms with Crippen molar-refractivity contribution >= 4 is 0 Å². The Labute approximate surface area is 107 Å². The van der Waals surface area contributed by atoms with Crippen LogP contribution >= 0.6 is 0 Å². The summed E-state index contributed by atoms with van der Waals surface area (Å²) in [6.07, 6.45) is 7.67. The standard InChI is InChI=1S/C17H28/c1-5-15-10-12-16(13-11-15)9-8-14-17(4,6-2)7-3/h10-13H,5-9,14H2,1-4H3. The van der Waals surface area contributed by atoms with Crippen molar-refractivity contribution < 1.29 is 0 Å². The van der Waals surface area contributed by atoms with Crippen LogP contribution in [0.1, 0.15) is 64.5 Å². The minimum absolute atomic E-state index is 0.559. The number of rotatable bonds is 7. The maximum atomic E-state index is 2.42. The van der Waals surface area contributed by atoms with E-state index in [4.69, 9.17) is 0 Å². The molecule has 0 heterocycles. The van der Waals surface area contributed by atoms with Crippen molar-refractivity contribution in [1.29, 1.82) is 0 Å². The van der Waals surface area contributed by atoms with E-state index in [0.717, 1.165) is 6.42 Å². The molecule has 0 radical (unpaired) electrons. The lowest BCUT2D eigenvalue weighted by atomic mass is 9.80. The van der Waals surface area contributed by atoms with Gasteiger partial charge in [-0.15, -0.1) is 0 Å². The minimum atomic E-state index is 0.559. The van der Waals surface area contributed by atoms with Gasteiger partial charge in [-0.05, 0) is 42.2 Å². The maximum absolute atomic E-state index is 2.42. The van der Waals surface area contributed by atoms with Crippen LogP contribution in [0, 0.1) is 5.41 Å². The van der Waals surface area contributed by atoms with Gasteiger partial charge in [0, 0.05) is 0 Å². The summed E-state index contributed by atoms with van der Waals surface area (Å²) >= 11 is 0. The summed E-state index contributed by atoms with van der Waals surface area (Å²) in [6.45, 7) is 9.27. The molecule has 0 aliphatic heterocycles. The molecule has 0 saturated heterocycles.